The minimum absolute atomic E-state index is 0.0326. The Hall–Kier alpha value is -2.17. The molecule has 1 heterocycles. The average Bonchev–Trinajstić information content (AvgIpc) is 2.64. The molecule has 5 nitrogen and oxygen atoms in total. The van der Waals surface area contributed by atoms with Crippen LogP contribution in [0.15, 0.2) is 29.1 Å². The third-order valence-electron chi connectivity index (χ3n) is 4.95. The molecule has 148 valence electrons. The Kier molecular flexibility index (Phi) is 7.57. The Morgan fingerprint density at radius 3 is 2.48 bits per heavy atom. The number of nitrogens with zero attached hydrogens (tertiary/aromatic N) is 3. The van der Waals surface area contributed by atoms with E-state index in [1.807, 2.05) is 43.0 Å². The molecule has 0 aliphatic carbocycles. The third-order valence-corrected chi connectivity index (χ3v) is 4.95. The lowest BCUT2D eigenvalue weighted by molar-refractivity contribution is -0.134. The highest BCUT2D eigenvalue weighted by molar-refractivity contribution is 5.78. The molecule has 0 aliphatic rings. The van der Waals surface area contributed by atoms with Crippen LogP contribution in [0.4, 0.5) is 0 Å². The van der Waals surface area contributed by atoms with E-state index in [9.17, 15) is 9.59 Å². The van der Waals surface area contributed by atoms with Crippen LogP contribution in [0.25, 0.3) is 10.9 Å². The molecule has 0 bridgehead atoms. The molecule has 2 rings (SSSR count). The van der Waals surface area contributed by atoms with Gasteiger partial charge in [0, 0.05) is 19.5 Å². The lowest BCUT2D eigenvalue weighted by atomic mass is 10.1. The SMILES string of the molecule is CCCCCN(C(=O)CC(C)C)C(C)c1nc2ccccc2c(=O)n1CC. The van der Waals surface area contributed by atoms with Crippen molar-refractivity contribution in [3.05, 3.63) is 40.4 Å². The van der Waals surface area contributed by atoms with Gasteiger partial charge in [0.2, 0.25) is 5.91 Å². The van der Waals surface area contributed by atoms with Crippen LogP contribution in [0.3, 0.4) is 0 Å². The van der Waals surface area contributed by atoms with Gasteiger partial charge in [0.05, 0.1) is 16.9 Å². The Bertz CT molecular complexity index is 826. The van der Waals surface area contributed by atoms with Crippen LogP contribution in [0, 0.1) is 5.92 Å². The average molecular weight is 372 g/mol. The highest BCUT2D eigenvalue weighted by Crippen LogP contribution is 2.22. The van der Waals surface area contributed by atoms with E-state index >= 15 is 0 Å². The third kappa shape index (κ3) is 4.96. The number of para-hydroxylation sites is 1. The van der Waals surface area contributed by atoms with E-state index in [0.29, 0.717) is 42.2 Å². The summed E-state index contributed by atoms with van der Waals surface area (Å²) in [5.41, 5.74) is 0.661. The van der Waals surface area contributed by atoms with Gasteiger partial charge in [0.15, 0.2) is 0 Å². The number of benzene rings is 1. The van der Waals surface area contributed by atoms with E-state index < -0.39 is 0 Å². The lowest BCUT2D eigenvalue weighted by Crippen LogP contribution is -2.38. The maximum Gasteiger partial charge on any atom is 0.261 e. The van der Waals surface area contributed by atoms with Crippen LogP contribution in [0.1, 0.15) is 72.2 Å². The van der Waals surface area contributed by atoms with Crippen molar-refractivity contribution >= 4 is 16.8 Å². The molecule has 0 radical (unpaired) electrons. The fraction of sp³-hybridized carbons (Fsp3) is 0.591. The Morgan fingerprint density at radius 1 is 1.15 bits per heavy atom. The van der Waals surface area contributed by atoms with Crippen LogP contribution < -0.4 is 5.56 Å². The Balaban J connectivity index is 2.47. The second-order valence-corrected chi connectivity index (χ2v) is 7.60. The Morgan fingerprint density at radius 2 is 1.85 bits per heavy atom. The number of rotatable bonds is 9. The van der Waals surface area contributed by atoms with Crippen molar-refractivity contribution in [2.45, 2.75) is 72.9 Å². The summed E-state index contributed by atoms with van der Waals surface area (Å²) in [7, 11) is 0. The lowest BCUT2D eigenvalue weighted by Gasteiger charge is -2.31. The van der Waals surface area contributed by atoms with Gasteiger partial charge in [-0.3, -0.25) is 14.2 Å². The molecule has 1 unspecified atom stereocenters. The van der Waals surface area contributed by atoms with E-state index in [-0.39, 0.29) is 17.5 Å². The summed E-state index contributed by atoms with van der Waals surface area (Å²) in [4.78, 5) is 32.6. The zero-order chi connectivity index (χ0) is 20.0. The number of fused-ring (bicyclic) bond motifs is 1. The van der Waals surface area contributed by atoms with Crippen molar-refractivity contribution in [3.63, 3.8) is 0 Å². The van der Waals surface area contributed by atoms with Crippen LogP contribution in [-0.2, 0) is 11.3 Å². The number of hydrogen-bond acceptors (Lipinski definition) is 3. The van der Waals surface area contributed by atoms with Gasteiger partial charge < -0.3 is 4.90 Å². The molecule has 0 aliphatic heterocycles. The van der Waals surface area contributed by atoms with Crippen molar-refractivity contribution in [2.24, 2.45) is 5.92 Å². The normalized spacial score (nSPS) is 12.5. The first-order valence-corrected chi connectivity index (χ1v) is 10.2. The number of hydrogen-bond donors (Lipinski definition) is 0. The highest BCUT2D eigenvalue weighted by atomic mass is 16.2. The predicted molar refractivity (Wildman–Crippen MR) is 111 cm³/mol. The molecule has 5 heteroatoms. The van der Waals surface area contributed by atoms with Gasteiger partial charge in [-0.15, -0.1) is 0 Å². The number of amides is 1. The molecule has 2 aromatic rings. The van der Waals surface area contributed by atoms with Gasteiger partial charge in [-0.05, 0) is 38.3 Å². The fourth-order valence-corrected chi connectivity index (χ4v) is 3.48. The minimum atomic E-state index is -0.231. The Labute approximate surface area is 162 Å². The molecule has 0 saturated heterocycles. The first-order valence-electron chi connectivity index (χ1n) is 10.2. The van der Waals surface area contributed by atoms with Crippen molar-refractivity contribution in [2.75, 3.05) is 6.54 Å². The molecule has 1 amide bonds. The molecule has 27 heavy (non-hydrogen) atoms. The standard InChI is InChI=1S/C22H33N3O2/c1-6-8-11-14-25(20(26)15-16(3)4)17(5)21-23-19-13-10-9-12-18(19)22(27)24(21)7-2/h9-10,12-13,16-17H,6-8,11,14-15H2,1-5H3. The van der Waals surface area contributed by atoms with Crippen LogP contribution in [0.2, 0.25) is 0 Å². The zero-order valence-corrected chi connectivity index (χ0v) is 17.4. The monoisotopic (exact) mass is 371 g/mol. The molecule has 1 aromatic heterocycles. The van der Waals surface area contributed by atoms with Crippen molar-refractivity contribution in [1.82, 2.24) is 14.5 Å². The summed E-state index contributed by atoms with van der Waals surface area (Å²) in [6, 6.07) is 7.20. The quantitative estimate of drug-likeness (QED) is 0.608. The van der Waals surface area contributed by atoms with Crippen LogP contribution in [0.5, 0.6) is 0 Å². The molecule has 0 N–H and O–H groups in total. The van der Waals surface area contributed by atoms with Crippen molar-refractivity contribution in [1.29, 1.82) is 0 Å². The maximum atomic E-state index is 12.9. The topological polar surface area (TPSA) is 55.2 Å². The van der Waals surface area contributed by atoms with E-state index in [1.54, 1.807) is 4.57 Å². The summed E-state index contributed by atoms with van der Waals surface area (Å²) in [6.07, 6.45) is 3.67. The number of aromatic nitrogens is 2. The molecule has 0 saturated carbocycles. The van der Waals surface area contributed by atoms with Crippen molar-refractivity contribution < 1.29 is 4.79 Å². The number of unbranched alkanes of at least 4 members (excludes halogenated alkanes) is 2. The maximum absolute atomic E-state index is 12.9. The van der Waals surface area contributed by atoms with E-state index in [1.165, 1.54) is 0 Å². The molecule has 0 fully saturated rings. The predicted octanol–water partition coefficient (Wildman–Crippen LogP) is 4.54. The summed E-state index contributed by atoms with van der Waals surface area (Å²) in [6.45, 7) is 11.5. The van der Waals surface area contributed by atoms with Gasteiger partial charge in [-0.2, -0.15) is 0 Å². The van der Waals surface area contributed by atoms with Gasteiger partial charge in [-0.25, -0.2) is 4.98 Å². The molecular weight excluding hydrogens is 338 g/mol. The molecule has 1 aromatic carbocycles. The smallest absolute Gasteiger partial charge is 0.261 e. The van der Waals surface area contributed by atoms with E-state index in [0.717, 1.165) is 19.3 Å². The second-order valence-electron chi connectivity index (χ2n) is 7.60. The van der Waals surface area contributed by atoms with E-state index in [4.69, 9.17) is 4.98 Å². The zero-order valence-electron chi connectivity index (χ0n) is 17.4. The summed E-state index contributed by atoms with van der Waals surface area (Å²) in [5, 5.41) is 0.626. The first kappa shape index (κ1) is 21.1. The minimum Gasteiger partial charge on any atom is -0.333 e. The molecule has 1 atom stereocenters. The van der Waals surface area contributed by atoms with Gasteiger partial charge >= 0.3 is 0 Å². The van der Waals surface area contributed by atoms with Crippen molar-refractivity contribution in [3.8, 4) is 0 Å². The van der Waals surface area contributed by atoms with E-state index in [2.05, 4.69) is 20.8 Å². The van der Waals surface area contributed by atoms with Crippen LogP contribution >= 0.6 is 0 Å². The van der Waals surface area contributed by atoms with Gasteiger partial charge in [-0.1, -0.05) is 45.7 Å². The summed E-state index contributed by atoms with van der Waals surface area (Å²) in [5.74, 6) is 1.12. The molecular formula is C22H33N3O2. The second kappa shape index (κ2) is 9.67. The van der Waals surface area contributed by atoms with Gasteiger partial charge in [0.1, 0.15) is 5.82 Å². The van der Waals surface area contributed by atoms with Crippen LogP contribution in [-0.4, -0.2) is 26.9 Å². The fourth-order valence-electron chi connectivity index (χ4n) is 3.48. The largest absolute Gasteiger partial charge is 0.333 e. The number of carbonyl (C=O) groups excluding carboxylic acids is 1. The van der Waals surface area contributed by atoms with Gasteiger partial charge in [0.25, 0.3) is 5.56 Å². The summed E-state index contributed by atoms with van der Waals surface area (Å²) >= 11 is 0. The highest BCUT2D eigenvalue weighted by Gasteiger charge is 2.25. The summed E-state index contributed by atoms with van der Waals surface area (Å²) < 4.78 is 1.71. The molecule has 0 spiro atoms. The number of carbonyl (C=O) groups is 1. The first-order chi connectivity index (χ1) is 12.9.